The molecule has 3 aromatic rings. The fourth-order valence-electron chi connectivity index (χ4n) is 2.62. The number of anilines is 1. The summed E-state index contributed by atoms with van der Waals surface area (Å²) in [5, 5.41) is 2.53. The molecular weight excluding hydrogens is 352 g/mol. The second-order valence-corrected chi connectivity index (χ2v) is 5.63. The molecule has 0 radical (unpaired) electrons. The number of alkyl halides is 3. The molecule has 0 fully saturated rings. The zero-order chi connectivity index (χ0) is 19.1. The predicted molar refractivity (Wildman–Crippen MR) is 87.6 cm³/mol. The molecule has 0 bridgehead atoms. The van der Waals surface area contributed by atoms with Crippen molar-refractivity contribution in [2.45, 2.75) is 13.1 Å². The summed E-state index contributed by atoms with van der Waals surface area (Å²) in [4.78, 5) is 24.2. The van der Waals surface area contributed by atoms with Crippen LogP contribution in [0.3, 0.4) is 0 Å². The van der Waals surface area contributed by atoms with Crippen LogP contribution in [-0.2, 0) is 6.18 Å². The summed E-state index contributed by atoms with van der Waals surface area (Å²) in [6.45, 7) is 1.28. The van der Waals surface area contributed by atoms with E-state index >= 15 is 0 Å². The average molecular weight is 364 g/mol. The first kappa shape index (κ1) is 17.7. The van der Waals surface area contributed by atoms with Crippen LogP contribution in [0.15, 0.2) is 48.7 Å². The monoisotopic (exact) mass is 364 g/mol. The third-order valence-electron chi connectivity index (χ3n) is 3.80. The van der Waals surface area contributed by atoms with E-state index in [4.69, 9.17) is 0 Å². The zero-order valence-corrected chi connectivity index (χ0v) is 13.4. The van der Waals surface area contributed by atoms with Gasteiger partial charge in [0.25, 0.3) is 5.91 Å². The van der Waals surface area contributed by atoms with Crippen LogP contribution in [-0.4, -0.2) is 16.4 Å². The van der Waals surface area contributed by atoms with Crippen LogP contribution >= 0.6 is 0 Å². The lowest BCUT2D eigenvalue weighted by Gasteiger charge is -2.09. The molecule has 26 heavy (non-hydrogen) atoms. The topological polar surface area (TPSA) is 51.1 Å². The van der Waals surface area contributed by atoms with E-state index in [2.05, 4.69) is 5.32 Å². The van der Waals surface area contributed by atoms with Crippen LogP contribution in [0.2, 0.25) is 0 Å². The van der Waals surface area contributed by atoms with E-state index in [0.29, 0.717) is 5.52 Å². The maximum Gasteiger partial charge on any atom is 0.416 e. The zero-order valence-electron chi connectivity index (χ0n) is 13.4. The third-order valence-corrected chi connectivity index (χ3v) is 3.80. The lowest BCUT2D eigenvalue weighted by atomic mass is 10.1. The van der Waals surface area contributed by atoms with Gasteiger partial charge in [0, 0.05) is 24.2 Å². The van der Waals surface area contributed by atoms with Crippen molar-refractivity contribution in [1.29, 1.82) is 0 Å². The first-order valence-corrected chi connectivity index (χ1v) is 7.47. The van der Waals surface area contributed by atoms with Crippen LogP contribution in [0.25, 0.3) is 10.9 Å². The summed E-state index contributed by atoms with van der Waals surface area (Å²) in [6.07, 6.45) is -3.32. The van der Waals surface area contributed by atoms with Crippen molar-refractivity contribution in [3.63, 3.8) is 0 Å². The second kappa shape index (κ2) is 6.29. The molecule has 1 amide bonds. The Morgan fingerprint density at radius 1 is 1.08 bits per heavy atom. The number of fused-ring (bicyclic) bond motifs is 1. The number of halogens is 4. The molecule has 0 aliphatic heterocycles. The first-order valence-electron chi connectivity index (χ1n) is 7.47. The van der Waals surface area contributed by atoms with Crippen molar-refractivity contribution in [2.24, 2.45) is 0 Å². The highest BCUT2D eigenvalue weighted by Gasteiger charge is 2.30. The number of hydrogen-bond acceptors (Lipinski definition) is 2. The summed E-state index contributed by atoms with van der Waals surface area (Å²) in [6, 6.07) is 7.74. The number of carbonyl (C=O) groups excluding carboxylic acids is 2. The second-order valence-electron chi connectivity index (χ2n) is 5.63. The highest BCUT2D eigenvalue weighted by molar-refractivity contribution is 6.14. The maximum absolute atomic E-state index is 13.6. The van der Waals surface area contributed by atoms with Crippen LogP contribution in [0.4, 0.5) is 23.2 Å². The van der Waals surface area contributed by atoms with Gasteiger partial charge in [0.2, 0.25) is 5.91 Å². The van der Waals surface area contributed by atoms with Gasteiger partial charge in [0.15, 0.2) is 0 Å². The van der Waals surface area contributed by atoms with Crippen molar-refractivity contribution >= 4 is 28.4 Å². The number of nitrogens with one attached hydrogen (secondary N) is 1. The number of carbonyl (C=O) groups is 2. The van der Waals surface area contributed by atoms with E-state index in [-0.39, 0.29) is 22.5 Å². The molecule has 0 saturated heterocycles. The van der Waals surface area contributed by atoms with Crippen LogP contribution in [0.5, 0.6) is 0 Å². The van der Waals surface area contributed by atoms with Crippen molar-refractivity contribution in [2.75, 3.05) is 5.32 Å². The average Bonchev–Trinajstić information content (AvgIpc) is 2.93. The SMILES string of the molecule is CC(=O)n1cc(C(=O)Nc2cccc(C(F)(F)F)c2)c2cc(F)ccc21. The molecule has 4 nitrogen and oxygen atoms in total. The number of nitrogens with zero attached hydrogens (tertiary/aromatic N) is 1. The van der Waals surface area contributed by atoms with Gasteiger partial charge in [-0.2, -0.15) is 13.2 Å². The highest BCUT2D eigenvalue weighted by Crippen LogP contribution is 2.31. The van der Waals surface area contributed by atoms with Gasteiger partial charge >= 0.3 is 6.18 Å². The van der Waals surface area contributed by atoms with E-state index in [1.54, 1.807) is 0 Å². The Labute approximate surface area is 145 Å². The van der Waals surface area contributed by atoms with Crippen LogP contribution in [0.1, 0.15) is 27.6 Å². The van der Waals surface area contributed by atoms with E-state index in [9.17, 15) is 27.2 Å². The Morgan fingerprint density at radius 3 is 2.46 bits per heavy atom. The molecule has 0 saturated carbocycles. The van der Waals surface area contributed by atoms with E-state index in [0.717, 1.165) is 30.3 Å². The molecule has 0 aliphatic rings. The standard InChI is InChI=1S/C18H12F4N2O2/c1-10(25)24-9-15(14-8-12(19)5-6-16(14)24)17(26)23-13-4-2-3-11(7-13)18(20,21)22/h2-9H,1H3,(H,23,26). The summed E-state index contributed by atoms with van der Waals surface area (Å²) >= 11 is 0. The molecule has 8 heteroatoms. The van der Waals surface area contributed by atoms with Gasteiger partial charge in [0.1, 0.15) is 5.82 Å². The van der Waals surface area contributed by atoms with Gasteiger partial charge in [-0.05, 0) is 36.4 Å². The molecule has 0 unspecified atom stereocenters. The van der Waals surface area contributed by atoms with Gasteiger partial charge < -0.3 is 5.32 Å². The van der Waals surface area contributed by atoms with Gasteiger partial charge in [-0.3, -0.25) is 14.2 Å². The quantitative estimate of drug-likeness (QED) is 0.670. The highest BCUT2D eigenvalue weighted by atomic mass is 19.4. The van der Waals surface area contributed by atoms with Gasteiger partial charge in [0.05, 0.1) is 16.6 Å². The van der Waals surface area contributed by atoms with Gasteiger partial charge in [-0.1, -0.05) is 6.07 Å². The number of benzene rings is 2. The smallest absolute Gasteiger partial charge is 0.322 e. The number of hydrogen-bond donors (Lipinski definition) is 1. The normalized spacial score (nSPS) is 11.6. The Kier molecular flexibility index (Phi) is 4.27. The summed E-state index contributed by atoms with van der Waals surface area (Å²) in [7, 11) is 0. The molecule has 0 spiro atoms. The van der Waals surface area contributed by atoms with Gasteiger partial charge in [-0.15, -0.1) is 0 Å². The number of rotatable bonds is 2. The maximum atomic E-state index is 13.6. The molecular formula is C18H12F4N2O2. The minimum Gasteiger partial charge on any atom is -0.322 e. The summed E-state index contributed by atoms with van der Waals surface area (Å²) in [5.74, 6) is -1.74. The summed E-state index contributed by atoms with van der Waals surface area (Å²) in [5.41, 5.74) is -0.669. The molecule has 0 aliphatic carbocycles. The fourth-order valence-corrected chi connectivity index (χ4v) is 2.62. The summed E-state index contributed by atoms with van der Waals surface area (Å²) < 4.78 is 53.1. The molecule has 3 rings (SSSR count). The molecule has 2 aromatic carbocycles. The Balaban J connectivity index is 2.01. The van der Waals surface area contributed by atoms with E-state index in [1.807, 2.05) is 0 Å². The van der Waals surface area contributed by atoms with E-state index < -0.39 is 23.5 Å². The Bertz CT molecular complexity index is 1020. The minimum atomic E-state index is -4.55. The van der Waals surface area contributed by atoms with Crippen LogP contribution in [0, 0.1) is 5.82 Å². The number of aromatic nitrogens is 1. The number of amides is 1. The Hall–Kier alpha value is -3.16. The van der Waals surface area contributed by atoms with E-state index in [1.165, 1.54) is 29.8 Å². The third kappa shape index (κ3) is 3.30. The predicted octanol–water partition coefficient (Wildman–Crippen LogP) is 4.71. The first-order chi connectivity index (χ1) is 12.2. The van der Waals surface area contributed by atoms with Crippen molar-refractivity contribution in [3.8, 4) is 0 Å². The lowest BCUT2D eigenvalue weighted by Crippen LogP contribution is -2.13. The molecule has 1 aromatic heterocycles. The van der Waals surface area contributed by atoms with Crippen molar-refractivity contribution in [3.05, 3.63) is 65.6 Å². The molecule has 0 atom stereocenters. The molecule has 134 valence electrons. The van der Waals surface area contributed by atoms with Crippen molar-refractivity contribution < 1.29 is 27.2 Å². The minimum absolute atomic E-state index is 0.0212. The molecule has 1 heterocycles. The van der Waals surface area contributed by atoms with Crippen molar-refractivity contribution in [1.82, 2.24) is 4.57 Å². The fraction of sp³-hybridized carbons (Fsp3) is 0.111. The van der Waals surface area contributed by atoms with Gasteiger partial charge in [-0.25, -0.2) is 4.39 Å². The van der Waals surface area contributed by atoms with Crippen LogP contribution < -0.4 is 5.32 Å². The lowest BCUT2D eigenvalue weighted by molar-refractivity contribution is -0.137. The Morgan fingerprint density at radius 2 is 1.81 bits per heavy atom. The molecule has 1 N–H and O–H groups in total. The largest absolute Gasteiger partial charge is 0.416 e.